The average molecular weight is 624 g/mol. The number of nitrogens with one attached hydrogen (secondary N) is 2. The van der Waals surface area contributed by atoms with E-state index in [0.717, 1.165) is 18.2 Å². The first kappa shape index (κ1) is 34.9. The van der Waals surface area contributed by atoms with Gasteiger partial charge in [-0.15, -0.1) is 6.58 Å². The summed E-state index contributed by atoms with van der Waals surface area (Å²) < 4.78 is 57.1. The number of benzene rings is 1. The molecule has 9 nitrogen and oxygen atoms in total. The van der Waals surface area contributed by atoms with Gasteiger partial charge in [-0.1, -0.05) is 18.7 Å². The van der Waals surface area contributed by atoms with E-state index >= 15 is 0 Å². The highest BCUT2D eigenvalue weighted by Gasteiger charge is 2.42. The van der Waals surface area contributed by atoms with Crippen LogP contribution in [0.5, 0.6) is 5.75 Å². The summed E-state index contributed by atoms with van der Waals surface area (Å²) in [6, 6.07) is 2.74. The number of nitrogens with zero attached hydrogens (tertiary/aromatic N) is 1. The molecule has 0 aromatic heterocycles. The van der Waals surface area contributed by atoms with E-state index in [0.29, 0.717) is 64.8 Å². The first-order chi connectivity index (χ1) is 20.6. The predicted molar refractivity (Wildman–Crippen MR) is 159 cm³/mol. The Labute approximate surface area is 257 Å². The molecule has 2 fully saturated rings. The summed E-state index contributed by atoms with van der Waals surface area (Å²) in [6.45, 7) is 14.2. The number of ether oxygens (including phenoxy) is 3. The van der Waals surface area contributed by atoms with Gasteiger partial charge in [0.05, 0.1) is 22.1 Å². The molecule has 244 valence electrons. The summed E-state index contributed by atoms with van der Waals surface area (Å²) in [7, 11) is 0. The minimum atomic E-state index is -4.66. The summed E-state index contributed by atoms with van der Waals surface area (Å²) in [5, 5.41) is 5.93. The maximum atomic E-state index is 13.8. The van der Waals surface area contributed by atoms with Gasteiger partial charge >= 0.3 is 12.3 Å². The Morgan fingerprint density at radius 2 is 1.75 bits per heavy atom. The molecule has 0 aliphatic carbocycles. The number of carbonyl (C=O) groups excluding carboxylic acids is 3. The van der Waals surface area contributed by atoms with Crippen molar-refractivity contribution in [3.05, 3.63) is 54.6 Å². The maximum absolute atomic E-state index is 13.8. The fraction of sp³-hybridized carbons (Fsp3) is 0.594. The van der Waals surface area contributed by atoms with Crippen molar-refractivity contribution in [2.75, 3.05) is 39.5 Å². The molecule has 0 saturated carbocycles. The Kier molecular flexibility index (Phi) is 11.5. The van der Waals surface area contributed by atoms with Crippen molar-refractivity contribution in [1.29, 1.82) is 0 Å². The summed E-state index contributed by atoms with van der Waals surface area (Å²) in [5.74, 6) is -1.01. The van der Waals surface area contributed by atoms with Crippen LogP contribution < -0.4 is 15.4 Å². The van der Waals surface area contributed by atoms with Crippen LogP contribution in [0, 0.1) is 5.41 Å². The Morgan fingerprint density at radius 1 is 1.05 bits per heavy atom. The normalized spacial score (nSPS) is 20.5. The number of halogens is 3. The van der Waals surface area contributed by atoms with E-state index in [4.69, 9.17) is 14.2 Å². The zero-order valence-corrected chi connectivity index (χ0v) is 25.8. The van der Waals surface area contributed by atoms with Crippen molar-refractivity contribution in [1.82, 2.24) is 15.5 Å². The lowest BCUT2D eigenvalue weighted by molar-refractivity contribution is -0.137. The molecule has 2 heterocycles. The molecule has 12 heteroatoms. The molecule has 2 N–H and O–H groups in total. The highest BCUT2D eigenvalue weighted by molar-refractivity contribution is 5.97. The highest BCUT2D eigenvalue weighted by atomic mass is 19.4. The van der Waals surface area contributed by atoms with Crippen LogP contribution in [0.25, 0.3) is 0 Å². The van der Waals surface area contributed by atoms with Gasteiger partial charge < -0.3 is 29.7 Å². The van der Waals surface area contributed by atoms with E-state index in [1.54, 1.807) is 31.7 Å². The van der Waals surface area contributed by atoms with Crippen LogP contribution in [0.3, 0.4) is 0 Å². The topological polar surface area (TPSA) is 106 Å². The minimum Gasteiger partial charge on any atom is -0.489 e. The van der Waals surface area contributed by atoms with Crippen LogP contribution in [-0.2, 0) is 20.4 Å². The van der Waals surface area contributed by atoms with Crippen molar-refractivity contribution >= 4 is 17.9 Å². The standard InChI is InChI=1S/C32H44F3N3O6/c1-6-11-30(12-8-16-38(17-13-30)28(41)44-29(3,4)5)27(40)36-22-31(14-19-42-20-15-31)37-26(39)24-21-23(32(33,34)35)9-10-25(24)43-18-7-2/h6-7,9-10,21H,1-2,8,11-20,22H2,3-5H3,(H,36,40)(H,37,39). The minimum absolute atomic E-state index is 0.00255. The second kappa shape index (κ2) is 14.5. The number of amides is 3. The second-order valence-electron chi connectivity index (χ2n) is 12.4. The molecule has 0 radical (unpaired) electrons. The predicted octanol–water partition coefficient (Wildman–Crippen LogP) is 5.65. The number of alkyl halides is 3. The lowest BCUT2D eigenvalue weighted by Gasteiger charge is -2.39. The van der Waals surface area contributed by atoms with Gasteiger partial charge in [0.1, 0.15) is 18.0 Å². The monoisotopic (exact) mass is 623 g/mol. The number of rotatable bonds is 10. The maximum Gasteiger partial charge on any atom is 0.416 e. The van der Waals surface area contributed by atoms with Crippen molar-refractivity contribution < 1.29 is 41.8 Å². The summed E-state index contributed by atoms with van der Waals surface area (Å²) in [4.78, 5) is 41.7. The lowest BCUT2D eigenvalue weighted by atomic mass is 9.76. The number of hydrogen-bond acceptors (Lipinski definition) is 6. The molecule has 44 heavy (non-hydrogen) atoms. The van der Waals surface area contributed by atoms with Gasteiger partial charge in [0.15, 0.2) is 0 Å². The average Bonchev–Trinajstić information content (AvgIpc) is 3.17. The van der Waals surface area contributed by atoms with E-state index in [1.807, 2.05) is 0 Å². The molecule has 0 bridgehead atoms. The Balaban J connectivity index is 1.80. The van der Waals surface area contributed by atoms with Gasteiger partial charge in [-0.2, -0.15) is 13.2 Å². The van der Waals surface area contributed by atoms with E-state index < -0.39 is 40.3 Å². The molecule has 1 aromatic carbocycles. The van der Waals surface area contributed by atoms with E-state index in [9.17, 15) is 27.6 Å². The highest BCUT2D eigenvalue weighted by Crippen LogP contribution is 2.37. The van der Waals surface area contributed by atoms with Crippen LogP contribution in [-0.4, -0.2) is 73.4 Å². The molecule has 1 unspecified atom stereocenters. The van der Waals surface area contributed by atoms with Crippen LogP contribution in [0.4, 0.5) is 18.0 Å². The fourth-order valence-corrected chi connectivity index (χ4v) is 5.51. The molecule has 0 spiro atoms. The number of hydrogen-bond donors (Lipinski definition) is 2. The molecular weight excluding hydrogens is 579 g/mol. The number of likely N-dealkylation sites (tertiary alicyclic amines) is 1. The summed E-state index contributed by atoms with van der Waals surface area (Å²) in [5.41, 5.74) is -3.70. The molecule has 3 amide bonds. The Hall–Kier alpha value is -3.54. The molecular formula is C32H44F3N3O6. The Morgan fingerprint density at radius 3 is 2.36 bits per heavy atom. The third kappa shape index (κ3) is 9.23. The van der Waals surface area contributed by atoms with Crippen LogP contribution in [0.1, 0.15) is 75.2 Å². The van der Waals surface area contributed by atoms with Crippen molar-refractivity contribution in [2.24, 2.45) is 5.41 Å². The van der Waals surface area contributed by atoms with Crippen molar-refractivity contribution in [3.8, 4) is 5.75 Å². The quantitative estimate of drug-likeness (QED) is 0.327. The Bertz CT molecular complexity index is 1210. The fourth-order valence-electron chi connectivity index (χ4n) is 5.51. The summed E-state index contributed by atoms with van der Waals surface area (Å²) >= 11 is 0. The molecule has 2 aliphatic rings. The van der Waals surface area contributed by atoms with Crippen molar-refractivity contribution in [3.63, 3.8) is 0 Å². The SMILES string of the molecule is C=CCOc1ccc(C(F)(F)F)cc1C(=O)NC1(CNC(=O)C2(CC=C)CCCN(C(=O)OC(C)(C)C)CC2)CCOCC1. The van der Waals surface area contributed by atoms with E-state index in [2.05, 4.69) is 23.8 Å². The largest absolute Gasteiger partial charge is 0.489 e. The first-order valence-electron chi connectivity index (χ1n) is 14.9. The molecule has 1 aromatic rings. The van der Waals surface area contributed by atoms with Gasteiger partial charge in [-0.3, -0.25) is 9.59 Å². The van der Waals surface area contributed by atoms with Crippen molar-refractivity contribution in [2.45, 2.75) is 76.6 Å². The zero-order chi connectivity index (χ0) is 32.6. The smallest absolute Gasteiger partial charge is 0.416 e. The first-order valence-corrected chi connectivity index (χ1v) is 14.9. The molecule has 2 saturated heterocycles. The van der Waals surface area contributed by atoms with E-state index in [-0.39, 0.29) is 30.4 Å². The zero-order valence-electron chi connectivity index (χ0n) is 25.8. The van der Waals surface area contributed by atoms with Gasteiger partial charge in [0.25, 0.3) is 5.91 Å². The molecule has 2 aliphatic heterocycles. The second-order valence-corrected chi connectivity index (χ2v) is 12.4. The molecule has 1 atom stereocenters. The van der Waals surface area contributed by atoms with E-state index in [1.165, 1.54) is 6.08 Å². The van der Waals surface area contributed by atoms with Gasteiger partial charge in [0.2, 0.25) is 5.91 Å². The lowest BCUT2D eigenvalue weighted by Crippen LogP contribution is -2.59. The van der Waals surface area contributed by atoms with Gasteiger partial charge in [-0.25, -0.2) is 4.79 Å². The van der Waals surface area contributed by atoms with Gasteiger partial charge in [-0.05, 0) is 77.5 Å². The third-order valence-electron chi connectivity index (χ3n) is 7.94. The van der Waals surface area contributed by atoms with Crippen LogP contribution >= 0.6 is 0 Å². The number of carbonyl (C=O) groups is 3. The third-order valence-corrected chi connectivity index (χ3v) is 7.94. The summed E-state index contributed by atoms with van der Waals surface area (Å²) in [6.07, 6.45) is 0.568. The molecule has 3 rings (SSSR count). The number of allylic oxidation sites excluding steroid dienone is 1. The van der Waals surface area contributed by atoms with Gasteiger partial charge in [0, 0.05) is 32.8 Å². The van der Waals surface area contributed by atoms with Crippen LogP contribution in [0.15, 0.2) is 43.5 Å². The van der Waals surface area contributed by atoms with Crippen LogP contribution in [0.2, 0.25) is 0 Å².